The Labute approximate surface area is 153 Å². The summed E-state index contributed by atoms with van der Waals surface area (Å²) in [5, 5.41) is 9.12. The van der Waals surface area contributed by atoms with E-state index in [4.69, 9.17) is 10.1 Å². The Balaban J connectivity index is 1.71. The predicted molar refractivity (Wildman–Crippen MR) is 107 cm³/mol. The topological polar surface area (TPSA) is 38.0 Å². The molecule has 0 saturated carbocycles. The molecule has 0 unspecified atom stereocenters. The number of hydrogen-bond acceptors (Lipinski definition) is 2. The quantitative estimate of drug-likeness (QED) is 0.434. The van der Waals surface area contributed by atoms with Crippen LogP contribution in [-0.4, -0.2) is 21.3 Å². The first kappa shape index (κ1) is 20.0. The second-order valence-electron chi connectivity index (χ2n) is 7.18. The summed E-state index contributed by atoms with van der Waals surface area (Å²) in [6.07, 6.45) is 15.3. The number of para-hydroxylation sites is 2. The van der Waals surface area contributed by atoms with Crippen molar-refractivity contribution in [2.24, 2.45) is 0 Å². The van der Waals surface area contributed by atoms with Crippen molar-refractivity contribution in [2.45, 2.75) is 90.5 Å². The van der Waals surface area contributed by atoms with Crippen LogP contribution in [0.25, 0.3) is 11.0 Å². The fourth-order valence-corrected chi connectivity index (χ4v) is 3.56. The number of fused-ring (bicyclic) bond motifs is 1. The smallest absolute Gasteiger partial charge is 0.109 e. The van der Waals surface area contributed by atoms with Gasteiger partial charge in [-0.3, -0.25) is 0 Å². The lowest BCUT2D eigenvalue weighted by molar-refractivity contribution is 0.287. The first-order chi connectivity index (χ1) is 12.4. The van der Waals surface area contributed by atoms with Gasteiger partial charge in [0.1, 0.15) is 5.82 Å². The predicted octanol–water partition coefficient (Wildman–Crippen LogP) is 5.88. The molecule has 2 aromatic rings. The van der Waals surface area contributed by atoms with Gasteiger partial charge >= 0.3 is 0 Å². The Kier molecular flexibility index (Phi) is 9.65. The number of aromatic nitrogens is 2. The molecule has 1 aromatic carbocycles. The van der Waals surface area contributed by atoms with Crippen LogP contribution >= 0.6 is 0 Å². The number of hydrogen-bond donors (Lipinski definition) is 1. The van der Waals surface area contributed by atoms with E-state index in [1.165, 1.54) is 69.7 Å². The van der Waals surface area contributed by atoms with E-state index >= 15 is 0 Å². The van der Waals surface area contributed by atoms with E-state index in [0.29, 0.717) is 0 Å². The van der Waals surface area contributed by atoms with Gasteiger partial charge in [-0.25, -0.2) is 4.98 Å². The molecule has 3 heteroatoms. The normalized spacial score (nSPS) is 11.4. The van der Waals surface area contributed by atoms with Crippen molar-refractivity contribution in [3.63, 3.8) is 0 Å². The molecule has 0 aliphatic carbocycles. The third-order valence-electron chi connectivity index (χ3n) is 5.03. The van der Waals surface area contributed by atoms with Gasteiger partial charge < -0.3 is 9.67 Å². The maximum atomic E-state index is 9.12. The van der Waals surface area contributed by atoms with Crippen LogP contribution in [0.15, 0.2) is 24.3 Å². The van der Waals surface area contributed by atoms with Crippen molar-refractivity contribution in [1.29, 1.82) is 0 Å². The summed E-state index contributed by atoms with van der Waals surface area (Å²) >= 11 is 0. The molecule has 0 fully saturated rings. The van der Waals surface area contributed by atoms with E-state index in [-0.39, 0.29) is 6.61 Å². The van der Waals surface area contributed by atoms with Gasteiger partial charge in [0, 0.05) is 19.6 Å². The largest absolute Gasteiger partial charge is 0.396 e. The first-order valence-corrected chi connectivity index (χ1v) is 10.4. The number of aliphatic hydroxyl groups excluding tert-OH is 1. The second kappa shape index (κ2) is 12.1. The fraction of sp³-hybridized carbons (Fsp3) is 0.682. The Morgan fingerprint density at radius 2 is 1.48 bits per heavy atom. The van der Waals surface area contributed by atoms with Crippen LogP contribution in [0.3, 0.4) is 0 Å². The van der Waals surface area contributed by atoms with Gasteiger partial charge in [0.15, 0.2) is 0 Å². The van der Waals surface area contributed by atoms with Gasteiger partial charge in [0.2, 0.25) is 0 Å². The lowest BCUT2D eigenvalue weighted by atomic mass is 10.1. The molecule has 25 heavy (non-hydrogen) atoms. The summed E-state index contributed by atoms with van der Waals surface area (Å²) in [4.78, 5) is 4.77. The third kappa shape index (κ3) is 6.81. The second-order valence-corrected chi connectivity index (χ2v) is 7.18. The molecule has 140 valence electrons. The van der Waals surface area contributed by atoms with Gasteiger partial charge in [-0.2, -0.15) is 0 Å². The summed E-state index contributed by atoms with van der Waals surface area (Å²) < 4.78 is 2.37. The van der Waals surface area contributed by atoms with Crippen LogP contribution in [0.4, 0.5) is 0 Å². The number of benzene rings is 1. The summed E-state index contributed by atoms with van der Waals surface area (Å²) in [6, 6.07) is 8.40. The highest BCUT2D eigenvalue weighted by atomic mass is 16.2. The minimum absolute atomic E-state index is 0.238. The number of aryl methyl sites for hydroxylation is 2. The molecule has 0 atom stereocenters. The molecule has 2 rings (SSSR count). The first-order valence-electron chi connectivity index (χ1n) is 10.4. The van der Waals surface area contributed by atoms with Crippen LogP contribution in [0.5, 0.6) is 0 Å². The zero-order valence-corrected chi connectivity index (χ0v) is 16.1. The van der Waals surface area contributed by atoms with Gasteiger partial charge in [-0.05, 0) is 25.0 Å². The molecule has 1 aromatic heterocycles. The molecular formula is C22H36N2O. The van der Waals surface area contributed by atoms with Gasteiger partial charge in [0.05, 0.1) is 11.0 Å². The van der Waals surface area contributed by atoms with Crippen LogP contribution in [-0.2, 0) is 13.0 Å². The van der Waals surface area contributed by atoms with Crippen molar-refractivity contribution in [3.05, 3.63) is 30.1 Å². The number of unbranched alkanes of at least 4 members (excludes halogenated alkanes) is 9. The Morgan fingerprint density at radius 3 is 2.16 bits per heavy atom. The van der Waals surface area contributed by atoms with Crippen molar-refractivity contribution in [2.75, 3.05) is 6.61 Å². The number of imidazole rings is 1. The molecule has 0 radical (unpaired) electrons. The number of nitrogens with zero attached hydrogens (tertiary/aromatic N) is 2. The molecule has 3 nitrogen and oxygen atoms in total. The lowest BCUT2D eigenvalue weighted by Gasteiger charge is -2.09. The fourth-order valence-electron chi connectivity index (χ4n) is 3.56. The highest BCUT2D eigenvalue weighted by molar-refractivity contribution is 5.75. The van der Waals surface area contributed by atoms with E-state index < -0.39 is 0 Å². The van der Waals surface area contributed by atoms with Gasteiger partial charge in [0.25, 0.3) is 0 Å². The molecule has 0 bridgehead atoms. The van der Waals surface area contributed by atoms with E-state index in [0.717, 1.165) is 30.7 Å². The standard InChI is InChI=1S/C22H36N2O/c1-2-3-4-5-6-7-8-9-10-13-18-24-21-16-12-11-15-20(21)23-22(24)17-14-19-25/h11-12,15-16,25H,2-10,13-14,17-19H2,1H3. The Bertz CT molecular complexity index is 591. The third-order valence-corrected chi connectivity index (χ3v) is 5.03. The molecule has 0 saturated heterocycles. The van der Waals surface area contributed by atoms with Crippen molar-refractivity contribution in [3.8, 4) is 0 Å². The van der Waals surface area contributed by atoms with Crippen LogP contribution < -0.4 is 0 Å². The molecule has 1 heterocycles. The van der Waals surface area contributed by atoms with Crippen molar-refractivity contribution < 1.29 is 5.11 Å². The number of rotatable bonds is 14. The maximum Gasteiger partial charge on any atom is 0.109 e. The zero-order valence-electron chi connectivity index (χ0n) is 16.1. The monoisotopic (exact) mass is 344 g/mol. The summed E-state index contributed by atoms with van der Waals surface area (Å²) in [7, 11) is 0. The highest BCUT2D eigenvalue weighted by Gasteiger charge is 2.09. The molecule has 0 spiro atoms. The number of aliphatic hydroxyl groups is 1. The van der Waals surface area contributed by atoms with Crippen LogP contribution in [0.2, 0.25) is 0 Å². The zero-order chi connectivity index (χ0) is 17.7. The van der Waals surface area contributed by atoms with E-state index in [2.05, 4.69) is 35.8 Å². The average Bonchev–Trinajstić information content (AvgIpc) is 2.99. The SMILES string of the molecule is CCCCCCCCCCCCn1c(CCCO)nc2ccccc21. The molecule has 0 amide bonds. The lowest BCUT2D eigenvalue weighted by Crippen LogP contribution is -2.05. The van der Waals surface area contributed by atoms with Crippen molar-refractivity contribution >= 4 is 11.0 Å². The summed E-state index contributed by atoms with van der Waals surface area (Å²) in [6.45, 7) is 3.57. The average molecular weight is 345 g/mol. The summed E-state index contributed by atoms with van der Waals surface area (Å²) in [5.74, 6) is 1.13. The molecule has 1 N–H and O–H groups in total. The van der Waals surface area contributed by atoms with E-state index in [1.807, 2.05) is 0 Å². The minimum Gasteiger partial charge on any atom is -0.396 e. The van der Waals surface area contributed by atoms with Crippen LogP contribution in [0.1, 0.15) is 83.4 Å². The van der Waals surface area contributed by atoms with E-state index in [9.17, 15) is 0 Å². The van der Waals surface area contributed by atoms with Gasteiger partial charge in [-0.1, -0.05) is 76.8 Å². The maximum absolute atomic E-state index is 9.12. The Hall–Kier alpha value is -1.35. The van der Waals surface area contributed by atoms with Crippen molar-refractivity contribution in [1.82, 2.24) is 9.55 Å². The summed E-state index contributed by atoms with van der Waals surface area (Å²) in [5.41, 5.74) is 2.33. The molecule has 0 aliphatic rings. The molecular weight excluding hydrogens is 308 g/mol. The Morgan fingerprint density at radius 1 is 0.840 bits per heavy atom. The van der Waals surface area contributed by atoms with Crippen LogP contribution in [0, 0.1) is 0 Å². The van der Waals surface area contributed by atoms with E-state index in [1.54, 1.807) is 0 Å². The van der Waals surface area contributed by atoms with Gasteiger partial charge in [-0.15, -0.1) is 0 Å². The highest BCUT2D eigenvalue weighted by Crippen LogP contribution is 2.19. The minimum atomic E-state index is 0.238. The molecule has 0 aliphatic heterocycles.